The van der Waals surface area contributed by atoms with E-state index < -0.39 is 0 Å². The molecule has 0 bridgehead atoms. The minimum atomic E-state index is 0.489. The molecule has 2 rings (SSSR count). The highest BCUT2D eigenvalue weighted by atomic mass is 32.1. The summed E-state index contributed by atoms with van der Waals surface area (Å²) in [6.45, 7) is 0.858. The van der Waals surface area contributed by atoms with Crippen LogP contribution in [-0.4, -0.2) is 16.5 Å². The summed E-state index contributed by atoms with van der Waals surface area (Å²) in [5, 5.41) is 5.28. The Kier molecular flexibility index (Phi) is 3.14. The molecule has 0 aliphatic heterocycles. The number of aromatic nitrogens is 2. The highest BCUT2D eigenvalue weighted by molar-refractivity contribution is 7.09. The summed E-state index contributed by atoms with van der Waals surface area (Å²) in [6, 6.07) is 5.91. The Balaban J connectivity index is 1.83. The van der Waals surface area contributed by atoms with Gasteiger partial charge in [-0.1, -0.05) is 6.07 Å². The first-order valence-electron chi connectivity index (χ1n) is 4.68. The quantitative estimate of drug-likeness (QED) is 0.824. The second-order valence-electron chi connectivity index (χ2n) is 3.08. The molecule has 78 valence electrons. The molecular formula is C10H12N4S. The normalized spacial score (nSPS) is 10.1. The maximum Gasteiger partial charge on any atom is 0.131 e. The van der Waals surface area contributed by atoms with Crippen molar-refractivity contribution in [2.24, 2.45) is 0 Å². The Morgan fingerprint density at radius 1 is 1.40 bits per heavy atom. The fourth-order valence-electron chi connectivity index (χ4n) is 1.24. The summed E-state index contributed by atoms with van der Waals surface area (Å²) in [6.07, 6.45) is 2.46. The molecule has 0 amide bonds. The number of hydrogen-bond acceptors (Lipinski definition) is 5. The molecule has 0 spiro atoms. The third-order valence-corrected chi connectivity index (χ3v) is 2.88. The molecule has 0 fully saturated rings. The summed E-state index contributed by atoms with van der Waals surface area (Å²) in [5.74, 6) is 1.27. The SMILES string of the molecule is Nc1cc(NCCc2cccs2)ncn1. The van der Waals surface area contributed by atoms with Crippen molar-refractivity contribution in [3.8, 4) is 0 Å². The van der Waals surface area contributed by atoms with E-state index in [0.717, 1.165) is 18.8 Å². The van der Waals surface area contributed by atoms with Crippen LogP contribution in [0, 0.1) is 0 Å². The van der Waals surface area contributed by atoms with Gasteiger partial charge in [0.1, 0.15) is 18.0 Å². The summed E-state index contributed by atoms with van der Waals surface area (Å²) < 4.78 is 0. The van der Waals surface area contributed by atoms with Crippen LogP contribution in [0.5, 0.6) is 0 Å². The van der Waals surface area contributed by atoms with E-state index in [1.807, 2.05) is 0 Å². The molecule has 0 saturated heterocycles. The van der Waals surface area contributed by atoms with Gasteiger partial charge in [0, 0.05) is 17.5 Å². The Hall–Kier alpha value is -1.62. The lowest BCUT2D eigenvalue weighted by Crippen LogP contribution is -2.06. The average Bonchev–Trinajstić information content (AvgIpc) is 2.71. The van der Waals surface area contributed by atoms with Crippen LogP contribution in [0.15, 0.2) is 29.9 Å². The van der Waals surface area contributed by atoms with Gasteiger partial charge in [-0.3, -0.25) is 0 Å². The molecule has 0 aliphatic rings. The molecule has 3 N–H and O–H groups in total. The maximum atomic E-state index is 5.54. The monoisotopic (exact) mass is 220 g/mol. The van der Waals surface area contributed by atoms with Gasteiger partial charge in [0.15, 0.2) is 0 Å². The van der Waals surface area contributed by atoms with Crippen LogP contribution in [0.2, 0.25) is 0 Å². The van der Waals surface area contributed by atoms with Gasteiger partial charge in [-0.2, -0.15) is 0 Å². The van der Waals surface area contributed by atoms with Crippen molar-refractivity contribution in [2.75, 3.05) is 17.6 Å². The number of hydrogen-bond donors (Lipinski definition) is 2. The highest BCUT2D eigenvalue weighted by Crippen LogP contribution is 2.10. The molecule has 0 radical (unpaired) electrons. The molecule has 5 heteroatoms. The number of anilines is 2. The van der Waals surface area contributed by atoms with E-state index in [4.69, 9.17) is 5.73 Å². The minimum absolute atomic E-state index is 0.489. The maximum absolute atomic E-state index is 5.54. The largest absolute Gasteiger partial charge is 0.384 e. The summed E-state index contributed by atoms with van der Waals surface area (Å²) in [5.41, 5.74) is 5.54. The van der Waals surface area contributed by atoms with Crippen LogP contribution in [0.4, 0.5) is 11.6 Å². The lowest BCUT2D eigenvalue weighted by molar-refractivity contribution is 1.02. The lowest BCUT2D eigenvalue weighted by atomic mass is 10.3. The average molecular weight is 220 g/mol. The van der Waals surface area contributed by atoms with E-state index in [1.54, 1.807) is 17.4 Å². The summed E-state index contributed by atoms with van der Waals surface area (Å²) in [4.78, 5) is 9.25. The first-order valence-corrected chi connectivity index (χ1v) is 5.56. The Morgan fingerprint density at radius 3 is 3.07 bits per heavy atom. The summed E-state index contributed by atoms with van der Waals surface area (Å²) >= 11 is 1.76. The van der Waals surface area contributed by atoms with E-state index in [0.29, 0.717) is 5.82 Å². The third kappa shape index (κ3) is 2.92. The third-order valence-electron chi connectivity index (χ3n) is 1.95. The van der Waals surface area contributed by atoms with Crippen LogP contribution in [0.1, 0.15) is 4.88 Å². The van der Waals surface area contributed by atoms with Gasteiger partial charge >= 0.3 is 0 Å². The number of nitrogens with one attached hydrogen (secondary N) is 1. The zero-order valence-electron chi connectivity index (χ0n) is 8.18. The van der Waals surface area contributed by atoms with E-state index in [-0.39, 0.29) is 0 Å². The molecule has 0 unspecified atom stereocenters. The van der Waals surface area contributed by atoms with E-state index >= 15 is 0 Å². The molecule has 2 aromatic heterocycles. The lowest BCUT2D eigenvalue weighted by Gasteiger charge is -2.03. The van der Waals surface area contributed by atoms with Gasteiger partial charge < -0.3 is 11.1 Å². The van der Waals surface area contributed by atoms with Crippen molar-refractivity contribution in [1.82, 2.24) is 9.97 Å². The second kappa shape index (κ2) is 4.75. The van der Waals surface area contributed by atoms with Gasteiger partial charge in [-0.15, -0.1) is 11.3 Å². The van der Waals surface area contributed by atoms with Crippen molar-refractivity contribution in [3.63, 3.8) is 0 Å². The zero-order chi connectivity index (χ0) is 10.5. The van der Waals surface area contributed by atoms with Crippen LogP contribution in [0.25, 0.3) is 0 Å². The van der Waals surface area contributed by atoms with Crippen molar-refractivity contribution in [3.05, 3.63) is 34.8 Å². The van der Waals surface area contributed by atoms with Gasteiger partial charge in [0.2, 0.25) is 0 Å². The van der Waals surface area contributed by atoms with Crippen molar-refractivity contribution < 1.29 is 0 Å². The number of nitrogen functional groups attached to an aromatic ring is 1. The number of nitrogens with two attached hydrogens (primary N) is 1. The topological polar surface area (TPSA) is 63.8 Å². The van der Waals surface area contributed by atoms with Crippen molar-refractivity contribution in [1.29, 1.82) is 0 Å². The van der Waals surface area contributed by atoms with E-state index in [9.17, 15) is 0 Å². The predicted molar refractivity (Wildman–Crippen MR) is 63.0 cm³/mol. The number of rotatable bonds is 4. The van der Waals surface area contributed by atoms with Gasteiger partial charge in [-0.25, -0.2) is 9.97 Å². The molecule has 4 nitrogen and oxygen atoms in total. The molecule has 0 aliphatic carbocycles. The zero-order valence-corrected chi connectivity index (χ0v) is 9.00. The molecule has 0 aromatic carbocycles. The van der Waals surface area contributed by atoms with Gasteiger partial charge in [0.05, 0.1) is 0 Å². The number of nitrogens with zero attached hydrogens (tertiary/aromatic N) is 2. The number of thiophene rings is 1. The first kappa shape index (κ1) is 9.92. The molecule has 0 saturated carbocycles. The Bertz CT molecular complexity index is 413. The molecule has 2 heterocycles. The van der Waals surface area contributed by atoms with Crippen molar-refractivity contribution >= 4 is 23.0 Å². The summed E-state index contributed by atoms with van der Waals surface area (Å²) in [7, 11) is 0. The van der Waals surface area contributed by atoms with E-state index in [1.165, 1.54) is 11.2 Å². The van der Waals surface area contributed by atoms with Crippen LogP contribution >= 0.6 is 11.3 Å². The standard InChI is InChI=1S/C10H12N4S/c11-9-6-10(14-7-13-9)12-4-3-8-2-1-5-15-8/h1-2,5-7H,3-4H2,(H3,11,12,13,14). The van der Waals surface area contributed by atoms with Crippen LogP contribution in [-0.2, 0) is 6.42 Å². The predicted octanol–water partition coefficient (Wildman–Crippen LogP) is 1.77. The minimum Gasteiger partial charge on any atom is -0.384 e. The fraction of sp³-hybridized carbons (Fsp3) is 0.200. The molecule has 0 atom stereocenters. The fourth-order valence-corrected chi connectivity index (χ4v) is 1.95. The van der Waals surface area contributed by atoms with Crippen LogP contribution < -0.4 is 11.1 Å². The van der Waals surface area contributed by atoms with Crippen molar-refractivity contribution in [2.45, 2.75) is 6.42 Å². The smallest absolute Gasteiger partial charge is 0.131 e. The Labute approximate surface area is 92.2 Å². The molecular weight excluding hydrogens is 208 g/mol. The molecule has 15 heavy (non-hydrogen) atoms. The highest BCUT2D eigenvalue weighted by Gasteiger charge is 1.96. The Morgan fingerprint density at radius 2 is 2.33 bits per heavy atom. The van der Waals surface area contributed by atoms with Gasteiger partial charge in [-0.05, 0) is 17.9 Å². The van der Waals surface area contributed by atoms with Gasteiger partial charge in [0.25, 0.3) is 0 Å². The van der Waals surface area contributed by atoms with Crippen LogP contribution in [0.3, 0.4) is 0 Å². The first-order chi connectivity index (χ1) is 7.34. The van der Waals surface area contributed by atoms with E-state index in [2.05, 4.69) is 32.8 Å². The second-order valence-corrected chi connectivity index (χ2v) is 4.12. The molecule has 2 aromatic rings.